The van der Waals surface area contributed by atoms with Gasteiger partial charge in [0.1, 0.15) is 5.04 Å². The second-order valence-corrected chi connectivity index (χ2v) is 7.78. The zero-order valence-electron chi connectivity index (χ0n) is 14.0. The molecule has 0 aliphatic heterocycles. The lowest BCUT2D eigenvalue weighted by Crippen LogP contribution is -1.88. The Morgan fingerprint density at radius 2 is 1.16 bits per heavy atom. The number of rotatable bonds is 5. The summed E-state index contributed by atoms with van der Waals surface area (Å²) in [5.41, 5.74) is 0.967. The molecule has 0 radical (unpaired) electrons. The maximum Gasteiger partial charge on any atom is 0.102 e. The third-order valence-corrected chi connectivity index (χ3v) is 5.18. The monoisotopic (exact) mass is 361 g/mol. The quantitative estimate of drug-likeness (QED) is 0.270. The number of nitrogens with zero attached hydrogens (tertiary/aromatic N) is 1. The van der Waals surface area contributed by atoms with Crippen LogP contribution in [-0.2, 0) is 0 Å². The average Bonchev–Trinajstić information content (AvgIpc) is 2.64. The van der Waals surface area contributed by atoms with Gasteiger partial charge in [0.2, 0.25) is 0 Å². The summed E-state index contributed by atoms with van der Waals surface area (Å²) in [5, 5.41) is 0.985. The van der Waals surface area contributed by atoms with Gasteiger partial charge >= 0.3 is 0 Å². The predicted octanol–water partition coefficient (Wildman–Crippen LogP) is 7.21. The molecule has 0 unspecified atom stereocenters. The minimum atomic E-state index is 0.967. The van der Waals surface area contributed by atoms with Crippen molar-refractivity contribution >= 4 is 34.3 Å². The van der Waals surface area contributed by atoms with Crippen LogP contribution in [0.5, 0.6) is 0 Å². The van der Waals surface area contributed by atoms with Crippen molar-refractivity contribution in [3.63, 3.8) is 0 Å². The molecular formula is C22H19NS2. The van der Waals surface area contributed by atoms with Crippen LogP contribution in [0.4, 0.5) is 5.69 Å². The maximum atomic E-state index is 4.83. The summed E-state index contributed by atoms with van der Waals surface area (Å²) in [6.07, 6.45) is 2.16. The lowest BCUT2D eigenvalue weighted by Gasteiger charge is -2.05. The molecule has 3 aromatic carbocycles. The molecule has 0 aliphatic carbocycles. The summed E-state index contributed by atoms with van der Waals surface area (Å²) in [6, 6.07) is 30.9. The van der Waals surface area contributed by atoms with Crippen LogP contribution in [-0.4, -0.2) is 5.04 Å². The molecule has 0 spiro atoms. The molecule has 0 aliphatic rings. The first-order valence-corrected chi connectivity index (χ1v) is 9.71. The van der Waals surface area contributed by atoms with Crippen LogP contribution in [0.3, 0.4) is 0 Å². The van der Waals surface area contributed by atoms with Crippen molar-refractivity contribution in [1.29, 1.82) is 0 Å². The van der Waals surface area contributed by atoms with Gasteiger partial charge in [-0.2, -0.15) is 0 Å². The van der Waals surface area contributed by atoms with E-state index >= 15 is 0 Å². The van der Waals surface area contributed by atoms with E-state index in [4.69, 9.17) is 4.99 Å². The second-order valence-electron chi connectivity index (χ2n) is 5.37. The average molecular weight is 362 g/mol. The highest BCUT2D eigenvalue weighted by molar-refractivity contribution is 8.14. The van der Waals surface area contributed by atoms with Crippen LogP contribution in [0.2, 0.25) is 0 Å². The van der Waals surface area contributed by atoms with Crippen molar-refractivity contribution in [2.45, 2.75) is 16.7 Å². The van der Waals surface area contributed by atoms with E-state index in [0.717, 1.165) is 10.7 Å². The van der Waals surface area contributed by atoms with Crippen molar-refractivity contribution in [1.82, 2.24) is 0 Å². The molecule has 0 heterocycles. The fourth-order valence-corrected chi connectivity index (χ4v) is 4.03. The molecule has 0 saturated heterocycles. The molecule has 0 amide bonds. The Bertz CT molecular complexity index is 841. The SMILES string of the molecule is C/C(=C\C(=Nc1ccccc1)Sc1ccccc1)Sc1ccccc1. The van der Waals surface area contributed by atoms with Crippen molar-refractivity contribution in [3.8, 4) is 0 Å². The molecule has 124 valence electrons. The molecule has 0 bridgehead atoms. The highest BCUT2D eigenvalue weighted by Gasteiger charge is 2.03. The highest BCUT2D eigenvalue weighted by atomic mass is 32.2. The molecule has 0 N–H and O–H groups in total. The van der Waals surface area contributed by atoms with Crippen molar-refractivity contribution in [2.75, 3.05) is 0 Å². The van der Waals surface area contributed by atoms with Gasteiger partial charge in [-0.05, 0) is 54.3 Å². The second kappa shape index (κ2) is 9.30. The highest BCUT2D eigenvalue weighted by Crippen LogP contribution is 2.29. The first-order chi connectivity index (χ1) is 12.3. The molecule has 3 aromatic rings. The summed E-state index contributed by atoms with van der Waals surface area (Å²) in [4.78, 5) is 8.46. The van der Waals surface area contributed by atoms with Gasteiger partial charge in [-0.1, -0.05) is 78.1 Å². The van der Waals surface area contributed by atoms with Crippen LogP contribution in [0.1, 0.15) is 6.92 Å². The minimum Gasteiger partial charge on any atom is -0.242 e. The standard InChI is InChI=1S/C22H19NS2/c1-18(24-20-13-7-3-8-14-20)17-22(23-19-11-5-2-6-12-19)25-21-15-9-4-10-16-21/h2-17H,1H3/b18-17+,23-22?. The smallest absolute Gasteiger partial charge is 0.102 e. The van der Waals surface area contributed by atoms with E-state index in [1.165, 1.54) is 14.7 Å². The third-order valence-electron chi connectivity index (χ3n) is 3.31. The van der Waals surface area contributed by atoms with Crippen LogP contribution < -0.4 is 0 Å². The molecule has 0 aromatic heterocycles. The summed E-state index contributed by atoms with van der Waals surface area (Å²) >= 11 is 3.44. The Morgan fingerprint density at radius 1 is 0.680 bits per heavy atom. The van der Waals surface area contributed by atoms with Gasteiger partial charge in [-0.15, -0.1) is 0 Å². The van der Waals surface area contributed by atoms with Gasteiger partial charge in [-0.3, -0.25) is 0 Å². The molecule has 0 atom stereocenters. The molecule has 3 heteroatoms. The molecular weight excluding hydrogens is 342 g/mol. The van der Waals surface area contributed by atoms with Gasteiger partial charge < -0.3 is 0 Å². The summed E-state index contributed by atoms with van der Waals surface area (Å²) in [5.74, 6) is 0. The predicted molar refractivity (Wildman–Crippen MR) is 112 cm³/mol. The van der Waals surface area contributed by atoms with E-state index in [1.54, 1.807) is 23.5 Å². The van der Waals surface area contributed by atoms with Crippen LogP contribution in [0, 0.1) is 0 Å². The van der Waals surface area contributed by atoms with Crippen LogP contribution in [0.25, 0.3) is 0 Å². The van der Waals surface area contributed by atoms with E-state index < -0.39 is 0 Å². The number of aliphatic imine (C=N–C) groups is 1. The molecule has 1 nitrogen and oxygen atoms in total. The van der Waals surface area contributed by atoms with E-state index in [1.807, 2.05) is 42.5 Å². The lowest BCUT2D eigenvalue weighted by molar-refractivity contribution is 1.46. The summed E-state index contributed by atoms with van der Waals surface area (Å²) in [6.45, 7) is 2.13. The topological polar surface area (TPSA) is 12.4 Å². The number of thioether (sulfide) groups is 2. The molecule has 3 rings (SSSR count). The van der Waals surface area contributed by atoms with Gasteiger partial charge in [-0.25, -0.2) is 4.99 Å². The molecule has 0 fully saturated rings. The first-order valence-electron chi connectivity index (χ1n) is 8.07. The maximum absolute atomic E-state index is 4.83. The largest absolute Gasteiger partial charge is 0.242 e. The van der Waals surface area contributed by atoms with E-state index in [2.05, 4.69) is 61.5 Å². The Kier molecular flexibility index (Phi) is 6.55. The van der Waals surface area contributed by atoms with Crippen LogP contribution >= 0.6 is 23.5 Å². The van der Waals surface area contributed by atoms with Crippen molar-refractivity contribution in [3.05, 3.63) is 102 Å². The van der Waals surface area contributed by atoms with Gasteiger partial charge in [0.25, 0.3) is 0 Å². The Balaban J connectivity index is 1.85. The van der Waals surface area contributed by atoms with Gasteiger partial charge in [0, 0.05) is 9.79 Å². The van der Waals surface area contributed by atoms with Crippen molar-refractivity contribution in [2.24, 2.45) is 4.99 Å². The van der Waals surface area contributed by atoms with E-state index in [-0.39, 0.29) is 0 Å². The fraction of sp³-hybridized carbons (Fsp3) is 0.0455. The molecule has 0 saturated carbocycles. The number of benzene rings is 3. The van der Waals surface area contributed by atoms with E-state index in [0.29, 0.717) is 0 Å². The zero-order chi connectivity index (χ0) is 17.3. The van der Waals surface area contributed by atoms with E-state index in [9.17, 15) is 0 Å². The first kappa shape index (κ1) is 17.6. The number of para-hydroxylation sites is 1. The number of hydrogen-bond donors (Lipinski definition) is 0. The summed E-state index contributed by atoms with van der Waals surface area (Å²) in [7, 11) is 0. The van der Waals surface area contributed by atoms with Crippen LogP contribution in [0.15, 0.2) is 117 Å². The minimum absolute atomic E-state index is 0.967. The number of allylic oxidation sites excluding steroid dienone is 1. The Hall–Kier alpha value is -2.23. The summed E-state index contributed by atoms with van der Waals surface area (Å²) < 4.78 is 0. The van der Waals surface area contributed by atoms with Crippen molar-refractivity contribution < 1.29 is 0 Å². The lowest BCUT2D eigenvalue weighted by atomic mass is 10.3. The number of hydrogen-bond acceptors (Lipinski definition) is 3. The van der Waals surface area contributed by atoms with Gasteiger partial charge in [0.05, 0.1) is 5.69 Å². The fourth-order valence-electron chi connectivity index (χ4n) is 2.20. The third kappa shape index (κ3) is 5.96. The molecule has 25 heavy (non-hydrogen) atoms. The Morgan fingerprint density at radius 3 is 1.72 bits per heavy atom. The van der Waals surface area contributed by atoms with Gasteiger partial charge in [0.15, 0.2) is 0 Å². The normalized spacial score (nSPS) is 12.2. The Labute approximate surface area is 157 Å². The zero-order valence-corrected chi connectivity index (χ0v) is 15.6.